The second kappa shape index (κ2) is 3.55. The molecule has 0 N–H and O–H groups in total. The van der Waals surface area contributed by atoms with Crippen molar-refractivity contribution >= 4 is 28.7 Å². The van der Waals surface area contributed by atoms with E-state index in [0.717, 1.165) is 0 Å². The number of pyridine rings is 1. The number of aryl methyl sites for hydroxylation is 1. The third kappa shape index (κ3) is 1.57. The average molecular weight is 226 g/mol. The van der Waals surface area contributed by atoms with E-state index in [1.165, 1.54) is 7.11 Å². The van der Waals surface area contributed by atoms with E-state index in [0.29, 0.717) is 27.6 Å². The van der Waals surface area contributed by atoms with Gasteiger partial charge >= 0.3 is 5.97 Å². The number of esters is 1. The van der Waals surface area contributed by atoms with Crippen LogP contribution in [0, 0.1) is 6.92 Å². The Morgan fingerprint density at radius 1 is 1.53 bits per heavy atom. The van der Waals surface area contributed by atoms with Gasteiger partial charge in [-0.3, -0.25) is 0 Å². The first kappa shape index (κ1) is 9.98. The molecule has 2 aromatic rings. The average Bonchev–Trinajstić information content (AvgIpc) is 2.52. The van der Waals surface area contributed by atoms with E-state index < -0.39 is 5.97 Å². The third-order valence-corrected chi connectivity index (χ3v) is 2.28. The van der Waals surface area contributed by atoms with Gasteiger partial charge in [-0.05, 0) is 19.1 Å². The Morgan fingerprint density at radius 2 is 2.27 bits per heavy atom. The number of fused-ring (bicyclic) bond motifs is 1. The summed E-state index contributed by atoms with van der Waals surface area (Å²) in [5.41, 5.74) is 1.29. The van der Waals surface area contributed by atoms with E-state index in [2.05, 4.69) is 9.72 Å². The Bertz CT molecular complexity index is 533. The van der Waals surface area contributed by atoms with Gasteiger partial charge in [0.1, 0.15) is 22.0 Å². The minimum absolute atomic E-state index is 0.313. The predicted octanol–water partition coefficient (Wildman–Crippen LogP) is 2.58. The summed E-state index contributed by atoms with van der Waals surface area (Å²) in [6.07, 6.45) is 0. The first-order chi connectivity index (χ1) is 7.13. The van der Waals surface area contributed by atoms with Crippen molar-refractivity contribution < 1.29 is 13.9 Å². The lowest BCUT2D eigenvalue weighted by molar-refractivity contribution is 0.0600. The molecule has 0 radical (unpaired) electrons. The summed E-state index contributed by atoms with van der Waals surface area (Å²) >= 11 is 5.74. The molecule has 15 heavy (non-hydrogen) atoms. The number of ether oxygens (including phenoxy) is 1. The SMILES string of the molecule is COC(=O)c1c(C)oc2ccc(Cl)nc12. The van der Waals surface area contributed by atoms with Crippen LogP contribution in [-0.2, 0) is 4.74 Å². The number of rotatable bonds is 1. The van der Waals surface area contributed by atoms with Crippen LogP contribution >= 0.6 is 11.6 Å². The summed E-state index contributed by atoms with van der Waals surface area (Å²) in [5.74, 6) is 0.00707. The molecule has 0 fully saturated rings. The van der Waals surface area contributed by atoms with Gasteiger partial charge in [0.2, 0.25) is 0 Å². The Balaban J connectivity index is 2.76. The van der Waals surface area contributed by atoms with E-state index in [4.69, 9.17) is 16.0 Å². The van der Waals surface area contributed by atoms with Crippen molar-refractivity contribution in [2.75, 3.05) is 7.11 Å². The summed E-state index contributed by atoms with van der Waals surface area (Å²) in [7, 11) is 1.31. The molecule has 0 aliphatic rings. The molecule has 2 aromatic heterocycles. The maximum atomic E-state index is 11.5. The van der Waals surface area contributed by atoms with Crippen LogP contribution in [0.2, 0.25) is 5.15 Å². The standard InChI is InChI=1S/C10H8ClNO3/c1-5-8(10(13)14-2)9-6(15-5)3-4-7(11)12-9/h3-4H,1-2H3. The van der Waals surface area contributed by atoms with Crippen molar-refractivity contribution in [3.63, 3.8) is 0 Å². The molecule has 0 aliphatic heterocycles. The van der Waals surface area contributed by atoms with E-state index in [1.54, 1.807) is 19.1 Å². The molecule has 2 rings (SSSR count). The van der Waals surface area contributed by atoms with Crippen LogP contribution in [0.4, 0.5) is 0 Å². The molecule has 4 nitrogen and oxygen atoms in total. The molecule has 0 bridgehead atoms. The summed E-state index contributed by atoms with van der Waals surface area (Å²) in [6.45, 7) is 1.68. The lowest BCUT2D eigenvalue weighted by Crippen LogP contribution is -2.02. The fourth-order valence-electron chi connectivity index (χ4n) is 1.41. The largest absolute Gasteiger partial charge is 0.465 e. The van der Waals surface area contributed by atoms with Crippen molar-refractivity contribution in [3.8, 4) is 0 Å². The second-order valence-corrected chi connectivity index (χ2v) is 3.39. The number of methoxy groups -OCH3 is 1. The maximum absolute atomic E-state index is 11.5. The molecular weight excluding hydrogens is 218 g/mol. The lowest BCUT2D eigenvalue weighted by Gasteiger charge is -1.96. The summed E-state index contributed by atoms with van der Waals surface area (Å²) < 4.78 is 10.00. The van der Waals surface area contributed by atoms with E-state index >= 15 is 0 Å². The number of furan rings is 1. The molecule has 0 atom stereocenters. The van der Waals surface area contributed by atoms with Crippen molar-refractivity contribution in [1.29, 1.82) is 0 Å². The van der Waals surface area contributed by atoms with Gasteiger partial charge in [-0.25, -0.2) is 9.78 Å². The van der Waals surface area contributed by atoms with Gasteiger partial charge < -0.3 is 9.15 Å². The first-order valence-corrected chi connectivity index (χ1v) is 4.65. The monoisotopic (exact) mass is 225 g/mol. The van der Waals surface area contributed by atoms with Gasteiger partial charge in [-0.2, -0.15) is 0 Å². The van der Waals surface area contributed by atoms with Crippen LogP contribution in [0.1, 0.15) is 16.1 Å². The lowest BCUT2D eigenvalue weighted by atomic mass is 10.2. The zero-order chi connectivity index (χ0) is 11.0. The topological polar surface area (TPSA) is 52.3 Å². The molecule has 0 saturated heterocycles. The first-order valence-electron chi connectivity index (χ1n) is 4.27. The van der Waals surface area contributed by atoms with Crippen LogP contribution in [0.5, 0.6) is 0 Å². The van der Waals surface area contributed by atoms with Crippen molar-refractivity contribution in [2.24, 2.45) is 0 Å². The summed E-state index contributed by atoms with van der Waals surface area (Å²) in [6, 6.07) is 3.28. The van der Waals surface area contributed by atoms with Crippen molar-refractivity contribution in [1.82, 2.24) is 4.98 Å². The third-order valence-electron chi connectivity index (χ3n) is 2.07. The van der Waals surface area contributed by atoms with Gasteiger partial charge in [-0.1, -0.05) is 11.6 Å². The number of carbonyl (C=O) groups is 1. The van der Waals surface area contributed by atoms with Gasteiger partial charge in [0, 0.05) is 0 Å². The Hall–Kier alpha value is -1.55. The molecule has 0 aliphatic carbocycles. The number of halogens is 1. The van der Waals surface area contributed by atoms with Crippen LogP contribution in [0.15, 0.2) is 16.5 Å². The predicted molar refractivity (Wildman–Crippen MR) is 55.1 cm³/mol. The van der Waals surface area contributed by atoms with Crippen LogP contribution in [0.25, 0.3) is 11.1 Å². The molecule has 78 valence electrons. The zero-order valence-corrected chi connectivity index (χ0v) is 8.96. The number of hydrogen-bond acceptors (Lipinski definition) is 4. The number of hydrogen-bond donors (Lipinski definition) is 0. The van der Waals surface area contributed by atoms with Crippen molar-refractivity contribution in [3.05, 3.63) is 28.6 Å². The normalized spacial score (nSPS) is 10.6. The molecule has 5 heteroatoms. The zero-order valence-electron chi connectivity index (χ0n) is 8.20. The Morgan fingerprint density at radius 3 is 2.93 bits per heavy atom. The molecule has 0 aromatic carbocycles. The summed E-state index contributed by atoms with van der Waals surface area (Å²) in [5, 5.41) is 0.313. The number of nitrogens with zero attached hydrogens (tertiary/aromatic N) is 1. The van der Waals surface area contributed by atoms with E-state index in [-0.39, 0.29) is 0 Å². The molecule has 0 unspecified atom stereocenters. The highest BCUT2D eigenvalue weighted by Gasteiger charge is 2.19. The molecule has 0 saturated carbocycles. The fourth-order valence-corrected chi connectivity index (χ4v) is 1.56. The quantitative estimate of drug-likeness (QED) is 0.553. The second-order valence-electron chi connectivity index (χ2n) is 3.01. The fraction of sp³-hybridized carbons (Fsp3) is 0.200. The smallest absolute Gasteiger partial charge is 0.343 e. The van der Waals surface area contributed by atoms with Crippen LogP contribution in [-0.4, -0.2) is 18.1 Å². The van der Waals surface area contributed by atoms with Gasteiger partial charge in [0.25, 0.3) is 0 Å². The van der Waals surface area contributed by atoms with Gasteiger partial charge in [0.15, 0.2) is 5.58 Å². The summed E-state index contributed by atoms with van der Waals surface area (Å²) in [4.78, 5) is 15.5. The van der Waals surface area contributed by atoms with Gasteiger partial charge in [0.05, 0.1) is 7.11 Å². The molecule has 0 amide bonds. The highest BCUT2D eigenvalue weighted by molar-refractivity contribution is 6.29. The highest BCUT2D eigenvalue weighted by Crippen LogP contribution is 2.25. The van der Waals surface area contributed by atoms with Crippen LogP contribution in [0.3, 0.4) is 0 Å². The number of carbonyl (C=O) groups excluding carboxylic acids is 1. The van der Waals surface area contributed by atoms with E-state index in [9.17, 15) is 4.79 Å². The minimum atomic E-state index is -0.471. The molecule has 0 spiro atoms. The van der Waals surface area contributed by atoms with Gasteiger partial charge in [-0.15, -0.1) is 0 Å². The Labute approximate surface area is 90.8 Å². The van der Waals surface area contributed by atoms with Crippen molar-refractivity contribution in [2.45, 2.75) is 6.92 Å². The molecule has 2 heterocycles. The minimum Gasteiger partial charge on any atom is -0.465 e. The Kier molecular flexibility index (Phi) is 2.36. The molecular formula is C10H8ClNO3. The van der Waals surface area contributed by atoms with E-state index in [1.807, 2.05) is 0 Å². The maximum Gasteiger partial charge on any atom is 0.343 e. The highest BCUT2D eigenvalue weighted by atomic mass is 35.5. The van der Waals surface area contributed by atoms with Crippen LogP contribution < -0.4 is 0 Å². The number of aromatic nitrogens is 1.